The molecule has 2 aliphatic rings. The number of aromatic nitrogens is 2. The van der Waals surface area contributed by atoms with Crippen molar-refractivity contribution in [2.75, 3.05) is 49.9 Å². The number of rotatable bonds is 6. The van der Waals surface area contributed by atoms with E-state index in [2.05, 4.69) is 37.2 Å². The zero-order valence-corrected chi connectivity index (χ0v) is 21.9. The van der Waals surface area contributed by atoms with Gasteiger partial charge in [-0.25, -0.2) is 0 Å². The number of aromatic amines is 1. The molecule has 188 valence electrons. The maximum Gasteiger partial charge on any atom is 0.252 e. The van der Waals surface area contributed by atoms with E-state index in [9.17, 15) is 9.59 Å². The first-order valence-corrected chi connectivity index (χ1v) is 12.8. The average molecular weight is 537 g/mol. The van der Waals surface area contributed by atoms with Crippen LogP contribution in [0, 0.1) is 0 Å². The molecule has 0 spiro atoms. The van der Waals surface area contributed by atoms with Crippen molar-refractivity contribution in [1.29, 1.82) is 0 Å². The molecule has 2 N–H and O–H groups in total. The molecular weight excluding hydrogens is 505 g/mol. The summed E-state index contributed by atoms with van der Waals surface area (Å²) < 4.78 is 0. The highest BCUT2D eigenvalue weighted by Crippen LogP contribution is 2.28. The van der Waals surface area contributed by atoms with Crippen LogP contribution in [-0.4, -0.2) is 65.8 Å². The Hall–Kier alpha value is -2.26. The van der Waals surface area contributed by atoms with Crippen LogP contribution in [0.3, 0.4) is 0 Å². The van der Waals surface area contributed by atoms with Gasteiger partial charge in [-0.15, -0.1) is 24.8 Å². The van der Waals surface area contributed by atoms with Gasteiger partial charge in [0, 0.05) is 78.6 Å². The maximum absolute atomic E-state index is 12.8. The fourth-order valence-corrected chi connectivity index (χ4v) is 5.72. The topological polar surface area (TPSA) is 81.3 Å². The number of pyridine rings is 2. The number of hydrogen-bond acceptors (Lipinski definition) is 6. The van der Waals surface area contributed by atoms with E-state index in [1.165, 1.54) is 5.69 Å². The van der Waals surface area contributed by atoms with Crippen LogP contribution in [0.1, 0.15) is 27.9 Å². The number of benzene rings is 1. The Balaban J connectivity index is 0.00000171. The molecule has 10 heteroatoms. The quantitative estimate of drug-likeness (QED) is 0.470. The molecule has 35 heavy (non-hydrogen) atoms. The van der Waals surface area contributed by atoms with Gasteiger partial charge in [-0.2, -0.15) is 11.8 Å². The molecule has 0 saturated carbocycles. The van der Waals surface area contributed by atoms with Gasteiger partial charge in [0.1, 0.15) is 0 Å². The predicted molar refractivity (Wildman–Crippen MR) is 149 cm³/mol. The Morgan fingerprint density at radius 3 is 2.60 bits per heavy atom. The second-order valence-corrected chi connectivity index (χ2v) is 9.72. The number of fused-ring (bicyclic) bond motifs is 3. The highest BCUT2D eigenvalue weighted by atomic mass is 35.5. The molecular formula is C25H31Cl2N5O2S. The highest BCUT2D eigenvalue weighted by molar-refractivity contribution is 7.98. The highest BCUT2D eigenvalue weighted by Gasteiger charge is 2.19. The minimum Gasteiger partial charge on any atom is -0.369 e. The molecule has 1 saturated heterocycles. The number of halogens is 2. The maximum atomic E-state index is 12.8. The number of hydrogen-bond donors (Lipinski definition) is 2. The van der Waals surface area contributed by atoms with E-state index in [0.29, 0.717) is 12.1 Å². The minimum atomic E-state index is -0.0514. The molecule has 1 aromatic carbocycles. The lowest BCUT2D eigenvalue weighted by Crippen LogP contribution is -2.47. The van der Waals surface area contributed by atoms with Crippen molar-refractivity contribution in [3.8, 4) is 0 Å². The summed E-state index contributed by atoms with van der Waals surface area (Å²) in [5, 5.41) is 4.07. The minimum absolute atomic E-state index is 0. The van der Waals surface area contributed by atoms with Gasteiger partial charge in [-0.1, -0.05) is 0 Å². The van der Waals surface area contributed by atoms with Crippen LogP contribution in [0.15, 0.2) is 47.5 Å². The first-order valence-electron chi connectivity index (χ1n) is 11.6. The number of aryl methyl sites for hydroxylation is 1. The third kappa shape index (κ3) is 6.30. The number of carbonyl (C=O) groups is 1. The molecule has 1 amide bonds. The van der Waals surface area contributed by atoms with Crippen molar-refractivity contribution in [1.82, 2.24) is 20.2 Å². The van der Waals surface area contributed by atoms with Gasteiger partial charge in [0.2, 0.25) is 0 Å². The summed E-state index contributed by atoms with van der Waals surface area (Å²) in [6, 6.07) is 9.72. The number of nitrogens with zero attached hydrogens (tertiary/aromatic N) is 3. The number of piperazine rings is 1. The van der Waals surface area contributed by atoms with E-state index < -0.39 is 0 Å². The van der Waals surface area contributed by atoms with E-state index in [0.717, 1.165) is 79.1 Å². The smallest absolute Gasteiger partial charge is 0.252 e. The van der Waals surface area contributed by atoms with E-state index in [4.69, 9.17) is 0 Å². The van der Waals surface area contributed by atoms with Crippen LogP contribution in [0.25, 0.3) is 10.9 Å². The van der Waals surface area contributed by atoms with Crippen molar-refractivity contribution >= 4 is 59.1 Å². The number of thioether (sulfide) groups is 1. The summed E-state index contributed by atoms with van der Waals surface area (Å²) in [4.78, 5) is 37.0. The zero-order valence-electron chi connectivity index (χ0n) is 19.5. The Morgan fingerprint density at radius 1 is 1.06 bits per heavy atom. The summed E-state index contributed by atoms with van der Waals surface area (Å²) in [6.07, 6.45) is 5.48. The second-order valence-electron chi connectivity index (χ2n) is 8.62. The predicted octanol–water partition coefficient (Wildman–Crippen LogP) is 3.50. The van der Waals surface area contributed by atoms with Gasteiger partial charge < -0.3 is 15.2 Å². The molecule has 5 rings (SSSR count). The van der Waals surface area contributed by atoms with E-state index in [1.807, 2.05) is 24.5 Å². The van der Waals surface area contributed by atoms with Crippen molar-refractivity contribution in [3.63, 3.8) is 0 Å². The number of nitrogens with one attached hydrogen (secondary N) is 2. The molecule has 0 atom stereocenters. The Labute approximate surface area is 221 Å². The zero-order chi connectivity index (χ0) is 22.6. The molecule has 2 aromatic heterocycles. The molecule has 3 aromatic rings. The van der Waals surface area contributed by atoms with Gasteiger partial charge >= 0.3 is 0 Å². The number of H-pyrrole nitrogens is 1. The number of carbonyl (C=O) groups excluding carboxylic acids is 1. The molecule has 7 nitrogen and oxygen atoms in total. The van der Waals surface area contributed by atoms with Crippen molar-refractivity contribution in [2.24, 2.45) is 0 Å². The van der Waals surface area contributed by atoms with Gasteiger partial charge in [0.25, 0.3) is 11.5 Å². The Morgan fingerprint density at radius 2 is 1.83 bits per heavy atom. The number of amides is 1. The monoisotopic (exact) mass is 535 g/mol. The molecule has 0 unspecified atom stereocenters. The SMILES string of the molecule is Cl.Cl.O=C(NCCCN1CCN(c2ccncc2)CC1)c1ccc2[nH]c(=O)c3c(c2c1)CCSC3. The van der Waals surface area contributed by atoms with Crippen LogP contribution in [0.4, 0.5) is 5.69 Å². The number of anilines is 1. The van der Waals surface area contributed by atoms with Gasteiger partial charge in [-0.05, 0) is 61.0 Å². The van der Waals surface area contributed by atoms with Crippen molar-refractivity contribution in [3.05, 3.63) is 69.8 Å². The van der Waals surface area contributed by atoms with Gasteiger partial charge in [0.15, 0.2) is 0 Å². The third-order valence-electron chi connectivity index (χ3n) is 6.57. The summed E-state index contributed by atoms with van der Waals surface area (Å²) in [6.45, 7) is 5.72. The third-order valence-corrected chi connectivity index (χ3v) is 7.56. The molecule has 4 heterocycles. The van der Waals surface area contributed by atoms with Crippen LogP contribution in [-0.2, 0) is 12.2 Å². The average Bonchev–Trinajstić information content (AvgIpc) is 2.87. The first-order chi connectivity index (χ1) is 16.2. The molecule has 0 bridgehead atoms. The Bertz CT molecular complexity index is 1200. The summed E-state index contributed by atoms with van der Waals surface area (Å²) in [5.74, 6) is 1.71. The van der Waals surface area contributed by atoms with Crippen LogP contribution >= 0.6 is 36.6 Å². The second kappa shape index (κ2) is 12.6. The van der Waals surface area contributed by atoms with E-state index in [-0.39, 0.29) is 36.3 Å². The van der Waals surface area contributed by atoms with E-state index >= 15 is 0 Å². The Kier molecular flexibility index (Phi) is 9.86. The summed E-state index contributed by atoms with van der Waals surface area (Å²) >= 11 is 1.79. The summed E-state index contributed by atoms with van der Waals surface area (Å²) in [7, 11) is 0. The fourth-order valence-electron chi connectivity index (χ4n) is 4.72. The molecule has 0 aliphatic carbocycles. The van der Waals surface area contributed by atoms with E-state index in [1.54, 1.807) is 17.8 Å². The largest absolute Gasteiger partial charge is 0.369 e. The van der Waals surface area contributed by atoms with Crippen molar-refractivity contribution in [2.45, 2.75) is 18.6 Å². The fraction of sp³-hybridized carbons (Fsp3) is 0.400. The van der Waals surface area contributed by atoms with Crippen LogP contribution < -0.4 is 15.8 Å². The summed E-state index contributed by atoms with van der Waals surface area (Å²) in [5.41, 5.74) is 4.67. The van der Waals surface area contributed by atoms with Crippen LogP contribution in [0.5, 0.6) is 0 Å². The lowest BCUT2D eigenvalue weighted by Gasteiger charge is -2.36. The normalized spacial score (nSPS) is 15.6. The lowest BCUT2D eigenvalue weighted by atomic mass is 9.99. The van der Waals surface area contributed by atoms with Crippen molar-refractivity contribution < 1.29 is 4.79 Å². The standard InChI is InChI=1S/C25H29N5O2S.2ClH/c31-24(18-2-3-23-21(16-18)20-6-15-33-17-22(20)25(32)28-23)27-7-1-10-29-11-13-30(14-12-29)19-4-8-26-9-5-19;;/h2-5,8-9,16H,1,6-7,10-15,17H2,(H,27,31)(H,28,32);2*1H. The molecule has 2 aliphatic heterocycles. The van der Waals surface area contributed by atoms with Gasteiger partial charge in [0.05, 0.1) is 0 Å². The molecule has 0 radical (unpaired) electrons. The first kappa shape index (κ1) is 27.3. The lowest BCUT2D eigenvalue weighted by molar-refractivity contribution is 0.0951. The molecule has 1 fully saturated rings. The van der Waals surface area contributed by atoms with Crippen LogP contribution in [0.2, 0.25) is 0 Å². The van der Waals surface area contributed by atoms with Gasteiger partial charge in [-0.3, -0.25) is 19.5 Å².